The van der Waals surface area contributed by atoms with Crippen molar-refractivity contribution in [3.63, 3.8) is 0 Å². The van der Waals surface area contributed by atoms with Gasteiger partial charge in [0.2, 0.25) is 11.6 Å². The second-order valence-corrected chi connectivity index (χ2v) is 5.18. The van der Waals surface area contributed by atoms with Crippen LogP contribution in [0.1, 0.15) is 0 Å². The van der Waals surface area contributed by atoms with Gasteiger partial charge in [-0.05, 0) is 30.5 Å². The van der Waals surface area contributed by atoms with Crippen molar-refractivity contribution in [1.29, 1.82) is 0 Å². The first-order chi connectivity index (χ1) is 10.8. The van der Waals surface area contributed by atoms with Gasteiger partial charge >= 0.3 is 6.01 Å². The molecule has 2 aromatic rings. The lowest BCUT2D eigenvalue weighted by molar-refractivity contribution is -0.117. The first kappa shape index (κ1) is 14.5. The topological polar surface area (TPSA) is 86.5 Å². The molecule has 0 radical (unpaired) electrons. The Hall–Kier alpha value is -2.48. The summed E-state index contributed by atoms with van der Waals surface area (Å²) in [4.78, 5) is 13.0. The molecule has 1 aliphatic heterocycles. The van der Waals surface area contributed by atoms with E-state index in [1.807, 2.05) is 30.5 Å². The van der Waals surface area contributed by atoms with Crippen LogP contribution < -0.4 is 5.32 Å². The molecule has 0 bridgehead atoms. The Balaban J connectivity index is 1.70. The molecule has 114 valence electrons. The van der Waals surface area contributed by atoms with Gasteiger partial charge in [0.1, 0.15) is 19.5 Å². The molecule has 0 saturated heterocycles. The molecule has 1 aliphatic rings. The van der Waals surface area contributed by atoms with Crippen molar-refractivity contribution in [3.8, 4) is 11.5 Å². The van der Waals surface area contributed by atoms with Crippen LogP contribution in [0.5, 0.6) is 0 Å². The molecule has 1 aromatic carbocycles. The molecule has 1 N–H and O–H groups in total. The number of ether oxygens (including phenoxy) is 2. The summed E-state index contributed by atoms with van der Waals surface area (Å²) in [5, 5.41) is 10.2. The maximum Gasteiger partial charge on any atom is 0.322 e. The third-order valence-corrected chi connectivity index (χ3v) is 3.60. The van der Waals surface area contributed by atoms with Crippen LogP contribution in [-0.2, 0) is 14.3 Å². The van der Waals surface area contributed by atoms with E-state index >= 15 is 0 Å². The number of nitrogens with one attached hydrogen (secondary N) is 1. The highest BCUT2D eigenvalue weighted by Crippen LogP contribution is 2.23. The van der Waals surface area contributed by atoms with Gasteiger partial charge < -0.3 is 13.9 Å². The maximum atomic E-state index is 11.9. The van der Waals surface area contributed by atoms with Crippen LogP contribution in [0.25, 0.3) is 11.5 Å². The van der Waals surface area contributed by atoms with Crippen LogP contribution in [0, 0.1) is 0 Å². The van der Waals surface area contributed by atoms with Gasteiger partial charge in [-0.25, -0.2) is 0 Å². The number of thioether (sulfide) groups is 1. The lowest BCUT2D eigenvalue weighted by atomic mass is 10.2. The molecule has 7 nitrogen and oxygen atoms in total. The van der Waals surface area contributed by atoms with Crippen molar-refractivity contribution >= 4 is 23.7 Å². The third-order valence-electron chi connectivity index (χ3n) is 2.86. The van der Waals surface area contributed by atoms with Crippen LogP contribution in [0.4, 0.5) is 6.01 Å². The summed E-state index contributed by atoms with van der Waals surface area (Å²) < 4.78 is 15.6. The fraction of sp³-hybridized carbons (Fsp3) is 0.214. The predicted molar refractivity (Wildman–Crippen MR) is 80.1 cm³/mol. The molecule has 8 heteroatoms. The van der Waals surface area contributed by atoms with E-state index in [4.69, 9.17) is 13.9 Å². The number of carbonyl (C=O) groups excluding carboxylic acids is 1. The van der Waals surface area contributed by atoms with Crippen molar-refractivity contribution < 1.29 is 18.7 Å². The van der Waals surface area contributed by atoms with Crippen molar-refractivity contribution in [2.24, 2.45) is 0 Å². The number of nitrogens with zero attached hydrogens (tertiary/aromatic N) is 2. The molecule has 1 amide bonds. The minimum Gasteiger partial charge on any atom is -0.494 e. The van der Waals surface area contributed by atoms with E-state index < -0.39 is 5.91 Å². The maximum absolute atomic E-state index is 11.9. The smallest absolute Gasteiger partial charge is 0.322 e. The second kappa shape index (κ2) is 6.52. The first-order valence-corrected chi connectivity index (χ1v) is 7.72. The quantitative estimate of drug-likeness (QED) is 0.865. The zero-order valence-corrected chi connectivity index (χ0v) is 12.6. The summed E-state index contributed by atoms with van der Waals surface area (Å²) in [6.45, 7) is 0.754. The summed E-state index contributed by atoms with van der Waals surface area (Å²) in [6.07, 6.45) is 3.26. The highest BCUT2D eigenvalue weighted by Gasteiger charge is 2.18. The number of rotatable bonds is 4. The largest absolute Gasteiger partial charge is 0.494 e. The molecule has 0 atom stereocenters. The first-order valence-electron chi connectivity index (χ1n) is 6.50. The summed E-state index contributed by atoms with van der Waals surface area (Å²) in [5.41, 5.74) is 0.780. The Morgan fingerprint density at radius 3 is 2.73 bits per heavy atom. The lowest BCUT2D eigenvalue weighted by Gasteiger charge is -2.13. The Bertz CT molecular complexity index is 696. The zero-order valence-electron chi connectivity index (χ0n) is 11.7. The van der Waals surface area contributed by atoms with Gasteiger partial charge in [-0.2, -0.15) is 0 Å². The number of amides is 1. The van der Waals surface area contributed by atoms with Crippen LogP contribution in [0.2, 0.25) is 0 Å². The highest BCUT2D eigenvalue weighted by atomic mass is 32.2. The van der Waals surface area contributed by atoms with Gasteiger partial charge in [-0.15, -0.1) is 16.9 Å². The normalized spacial score (nSPS) is 13.8. The van der Waals surface area contributed by atoms with Crippen molar-refractivity contribution in [2.75, 3.05) is 24.8 Å². The molecular formula is C14H13N3O4S. The second-order valence-electron chi connectivity index (χ2n) is 4.30. The van der Waals surface area contributed by atoms with Crippen LogP contribution in [-0.4, -0.2) is 35.6 Å². The van der Waals surface area contributed by atoms with E-state index in [1.54, 1.807) is 11.8 Å². The van der Waals surface area contributed by atoms with E-state index in [0.29, 0.717) is 19.1 Å². The minimum atomic E-state index is -0.493. The number of benzene rings is 1. The van der Waals surface area contributed by atoms with Gasteiger partial charge in [0.15, 0.2) is 0 Å². The van der Waals surface area contributed by atoms with E-state index in [0.717, 1.165) is 10.5 Å². The molecule has 0 aliphatic carbocycles. The summed E-state index contributed by atoms with van der Waals surface area (Å²) in [7, 11) is 0. The van der Waals surface area contributed by atoms with Crippen LogP contribution in [0.15, 0.2) is 45.6 Å². The SMILES string of the molecule is CSc1ccc(-c2nnc(NC(=O)C3=COCCO3)o2)cc1. The standard InChI is InChI=1S/C14H13N3O4S/c1-22-10-4-2-9(3-5-10)13-16-17-14(21-13)15-12(18)11-8-19-6-7-20-11/h2-5,8H,6-7H2,1H3,(H,15,17,18). The van der Waals surface area contributed by atoms with Gasteiger partial charge in [-0.1, -0.05) is 5.10 Å². The Morgan fingerprint density at radius 2 is 2.05 bits per heavy atom. The average Bonchev–Trinajstić information content (AvgIpc) is 3.04. The molecule has 3 rings (SSSR count). The van der Waals surface area contributed by atoms with E-state index in [2.05, 4.69) is 15.5 Å². The molecule has 2 heterocycles. The average molecular weight is 319 g/mol. The van der Waals surface area contributed by atoms with E-state index in [1.165, 1.54) is 6.26 Å². The number of hydrogen-bond donors (Lipinski definition) is 1. The number of hydrogen-bond acceptors (Lipinski definition) is 7. The molecular weight excluding hydrogens is 306 g/mol. The fourth-order valence-corrected chi connectivity index (χ4v) is 2.18. The van der Waals surface area contributed by atoms with Gasteiger partial charge in [-0.3, -0.25) is 10.1 Å². The van der Waals surface area contributed by atoms with Gasteiger partial charge in [0, 0.05) is 10.5 Å². The predicted octanol–water partition coefficient (Wildman–Crippen LogP) is 2.29. The lowest BCUT2D eigenvalue weighted by Crippen LogP contribution is -2.21. The fourth-order valence-electron chi connectivity index (χ4n) is 1.77. The third kappa shape index (κ3) is 3.22. The molecule has 1 aromatic heterocycles. The minimum absolute atomic E-state index is 0.00372. The van der Waals surface area contributed by atoms with Crippen molar-refractivity contribution in [2.45, 2.75) is 4.90 Å². The number of anilines is 1. The molecule has 0 fully saturated rings. The van der Waals surface area contributed by atoms with Gasteiger partial charge in [0.25, 0.3) is 5.91 Å². The van der Waals surface area contributed by atoms with Crippen molar-refractivity contribution in [3.05, 3.63) is 36.3 Å². The molecule has 22 heavy (non-hydrogen) atoms. The summed E-state index contributed by atoms with van der Waals surface area (Å²) >= 11 is 1.65. The number of carbonyl (C=O) groups is 1. The summed E-state index contributed by atoms with van der Waals surface area (Å²) in [5.74, 6) is -0.0827. The van der Waals surface area contributed by atoms with Crippen molar-refractivity contribution in [1.82, 2.24) is 10.2 Å². The van der Waals surface area contributed by atoms with Crippen LogP contribution >= 0.6 is 11.8 Å². The molecule has 0 spiro atoms. The molecule has 0 saturated carbocycles. The number of aromatic nitrogens is 2. The monoisotopic (exact) mass is 319 g/mol. The van der Waals surface area contributed by atoms with E-state index in [-0.39, 0.29) is 11.8 Å². The highest BCUT2D eigenvalue weighted by molar-refractivity contribution is 7.98. The Kier molecular flexibility index (Phi) is 4.29. The zero-order chi connectivity index (χ0) is 15.4. The Morgan fingerprint density at radius 1 is 1.23 bits per heavy atom. The Labute approximate surface area is 130 Å². The summed E-state index contributed by atoms with van der Waals surface area (Å²) in [6, 6.07) is 7.68. The van der Waals surface area contributed by atoms with Gasteiger partial charge in [0.05, 0.1) is 0 Å². The molecule has 0 unspecified atom stereocenters. The van der Waals surface area contributed by atoms with E-state index in [9.17, 15) is 4.79 Å². The van der Waals surface area contributed by atoms with Crippen LogP contribution in [0.3, 0.4) is 0 Å².